The Hall–Kier alpha value is -5.57. The molecule has 0 radical (unpaired) electrons. The second-order valence-corrected chi connectivity index (χ2v) is 12.8. The van der Waals surface area contributed by atoms with Gasteiger partial charge in [0.05, 0.1) is 16.6 Å². The largest absolute Gasteiger partial charge is 0.507 e. The van der Waals surface area contributed by atoms with Crippen molar-refractivity contribution in [1.29, 1.82) is 0 Å². The third-order valence-corrected chi connectivity index (χ3v) is 9.56. The molecule has 8 rings (SSSR count). The van der Waals surface area contributed by atoms with Gasteiger partial charge in [0.15, 0.2) is 0 Å². The Balaban J connectivity index is 0.00000406. The fourth-order valence-corrected chi connectivity index (χ4v) is 7.02. The van der Waals surface area contributed by atoms with Gasteiger partial charge >= 0.3 is 0 Å². The molecule has 4 nitrogen and oxygen atoms in total. The molecule has 51 heavy (non-hydrogen) atoms. The third-order valence-electron chi connectivity index (χ3n) is 9.56. The summed E-state index contributed by atoms with van der Waals surface area (Å²) in [6.07, 6.45) is 0. The summed E-state index contributed by atoms with van der Waals surface area (Å²) in [5, 5.41) is 11.0. The number of aromatic nitrogens is 3. The summed E-state index contributed by atoms with van der Waals surface area (Å²) >= 11 is 0. The monoisotopic (exact) mass is 841 g/mol. The predicted octanol–water partition coefficient (Wildman–Crippen LogP) is 11.4. The molecule has 0 aliphatic carbocycles. The van der Waals surface area contributed by atoms with E-state index in [0.717, 1.165) is 50.4 Å². The maximum atomic E-state index is 11.0. The summed E-state index contributed by atoms with van der Waals surface area (Å²) < 4.78 is 2.13. The van der Waals surface area contributed by atoms with Gasteiger partial charge in [0.1, 0.15) is 11.6 Å². The number of imidazole rings is 1. The molecule has 0 saturated carbocycles. The first-order chi connectivity index (χ1) is 24.5. The number of aromatic hydroxyl groups is 1. The first-order valence-corrected chi connectivity index (χ1v) is 17.0. The van der Waals surface area contributed by atoms with Crippen molar-refractivity contribution in [2.45, 2.75) is 26.7 Å². The first-order valence-electron chi connectivity index (χ1n) is 17.0. The van der Waals surface area contributed by atoms with Gasteiger partial charge in [-0.2, -0.15) is 0 Å². The van der Waals surface area contributed by atoms with E-state index in [4.69, 9.17) is 9.97 Å². The van der Waals surface area contributed by atoms with Crippen molar-refractivity contribution in [2.75, 3.05) is 0 Å². The number of para-hydroxylation sites is 3. The van der Waals surface area contributed by atoms with Crippen LogP contribution >= 0.6 is 0 Å². The van der Waals surface area contributed by atoms with Gasteiger partial charge in [-0.1, -0.05) is 127 Å². The summed E-state index contributed by atoms with van der Waals surface area (Å²) in [4.78, 5) is 10.5. The number of benzene rings is 6. The van der Waals surface area contributed by atoms with E-state index in [-0.39, 0.29) is 32.7 Å². The molecule has 2 aromatic heterocycles. The van der Waals surface area contributed by atoms with Crippen LogP contribution < -0.4 is 0 Å². The standard InChI is InChI=1S/C46H36N3O.Pt/c1-30-15-12-16-31(2)44(30)36-28-34(27-35(29-36)41-24-14-23-40(47-41)32(3)33-17-6-4-7-18-33)38-22-13-25-42-45(38)48-46(39-21-10-11-26-43(39)50)49(42)37-19-8-5-9-20-37;/h4-26,28-29,32,50H,1-3H3;/q-1;. The molecule has 0 amide bonds. The van der Waals surface area contributed by atoms with E-state index in [1.807, 2.05) is 42.5 Å². The number of nitrogens with zero attached hydrogens (tertiary/aromatic N) is 3. The number of hydrogen-bond donors (Lipinski definition) is 1. The minimum atomic E-state index is 0. The van der Waals surface area contributed by atoms with E-state index in [1.54, 1.807) is 6.07 Å². The van der Waals surface area contributed by atoms with E-state index in [1.165, 1.54) is 22.3 Å². The summed E-state index contributed by atoms with van der Waals surface area (Å²) in [5.74, 6) is 0.996. The number of phenolic OH excluding ortho intramolecular Hbond substituents is 1. The Morgan fingerprint density at radius 2 is 1.25 bits per heavy atom. The summed E-state index contributed by atoms with van der Waals surface area (Å²) in [6.45, 7) is 6.54. The normalized spacial score (nSPS) is 11.7. The zero-order valence-electron chi connectivity index (χ0n) is 28.6. The van der Waals surface area contributed by atoms with Gasteiger partial charge in [0.2, 0.25) is 0 Å². The number of pyridine rings is 1. The molecule has 0 bridgehead atoms. The average molecular weight is 842 g/mol. The van der Waals surface area contributed by atoms with E-state index >= 15 is 0 Å². The van der Waals surface area contributed by atoms with E-state index in [0.29, 0.717) is 11.4 Å². The van der Waals surface area contributed by atoms with Gasteiger partial charge in [-0.25, -0.2) is 4.98 Å². The molecule has 0 fully saturated rings. The molecule has 2 heterocycles. The fraction of sp³-hybridized carbons (Fsp3) is 0.0870. The SMILES string of the molecule is Cc1cccc(C)c1-c1cc(-c2cccc(C(C)c3ccccc3)n2)[c-]c(-c2cccc3c2nc(-c2ccccc2O)n3-c2ccccc2)c1.[Pt]. The average Bonchev–Trinajstić information content (AvgIpc) is 3.55. The Bertz CT molecular complexity index is 2470. The van der Waals surface area contributed by atoms with E-state index in [2.05, 4.69) is 135 Å². The summed E-state index contributed by atoms with van der Waals surface area (Å²) in [5.41, 5.74) is 14.0. The maximum Gasteiger partial charge on any atom is 0.148 e. The molecule has 1 atom stereocenters. The van der Waals surface area contributed by atoms with Crippen LogP contribution in [0.4, 0.5) is 0 Å². The smallest absolute Gasteiger partial charge is 0.148 e. The molecule has 6 aromatic carbocycles. The number of phenols is 1. The van der Waals surface area contributed by atoms with Crippen molar-refractivity contribution in [3.05, 3.63) is 180 Å². The first kappa shape index (κ1) is 33.9. The Morgan fingerprint density at radius 1 is 0.627 bits per heavy atom. The number of fused-ring (bicyclic) bond motifs is 1. The van der Waals surface area contributed by atoms with Crippen molar-refractivity contribution >= 4 is 11.0 Å². The van der Waals surface area contributed by atoms with Crippen LogP contribution in [0.25, 0.3) is 61.6 Å². The summed E-state index contributed by atoms with van der Waals surface area (Å²) in [7, 11) is 0. The topological polar surface area (TPSA) is 50.9 Å². The molecule has 8 aromatic rings. The van der Waals surface area contributed by atoms with Crippen LogP contribution in [0.1, 0.15) is 35.2 Å². The van der Waals surface area contributed by atoms with Gasteiger partial charge in [0.25, 0.3) is 0 Å². The minimum Gasteiger partial charge on any atom is -0.507 e. The van der Waals surface area contributed by atoms with Crippen molar-refractivity contribution in [3.8, 4) is 56.3 Å². The number of aryl methyl sites for hydroxylation is 2. The van der Waals surface area contributed by atoms with Crippen LogP contribution in [0.15, 0.2) is 152 Å². The molecule has 0 aliphatic rings. The van der Waals surface area contributed by atoms with Crippen molar-refractivity contribution in [1.82, 2.24) is 14.5 Å². The maximum absolute atomic E-state index is 11.0. The zero-order chi connectivity index (χ0) is 34.2. The second-order valence-electron chi connectivity index (χ2n) is 12.8. The molecule has 1 unspecified atom stereocenters. The zero-order valence-corrected chi connectivity index (χ0v) is 30.9. The molecule has 0 saturated heterocycles. The van der Waals surface area contributed by atoms with Gasteiger partial charge in [-0.05, 0) is 72.5 Å². The van der Waals surface area contributed by atoms with E-state index < -0.39 is 0 Å². The van der Waals surface area contributed by atoms with Crippen LogP contribution in [0, 0.1) is 19.9 Å². The van der Waals surface area contributed by atoms with Gasteiger partial charge in [-0.3, -0.25) is 9.55 Å². The molecule has 0 spiro atoms. The molecule has 1 N–H and O–H groups in total. The van der Waals surface area contributed by atoms with Crippen LogP contribution in [0.5, 0.6) is 5.75 Å². The number of hydrogen-bond acceptors (Lipinski definition) is 3. The molecular weight excluding hydrogens is 806 g/mol. The summed E-state index contributed by atoms with van der Waals surface area (Å²) in [6, 6.07) is 55.3. The fourth-order valence-electron chi connectivity index (χ4n) is 7.02. The quantitative estimate of drug-likeness (QED) is 0.163. The van der Waals surface area contributed by atoms with Crippen LogP contribution in [0.2, 0.25) is 0 Å². The third kappa shape index (κ3) is 6.44. The number of rotatable bonds is 7. The Kier molecular flexibility index (Phi) is 9.54. The van der Waals surface area contributed by atoms with Gasteiger partial charge in [-0.15, -0.1) is 23.8 Å². The van der Waals surface area contributed by atoms with Crippen molar-refractivity contribution < 1.29 is 26.2 Å². The van der Waals surface area contributed by atoms with Gasteiger partial charge in [0, 0.05) is 44.1 Å². The van der Waals surface area contributed by atoms with Gasteiger partial charge < -0.3 is 5.11 Å². The predicted molar refractivity (Wildman–Crippen MR) is 205 cm³/mol. The molecule has 5 heteroatoms. The molecule has 252 valence electrons. The van der Waals surface area contributed by atoms with Crippen molar-refractivity contribution in [2.24, 2.45) is 0 Å². The Morgan fingerprint density at radius 3 is 2.00 bits per heavy atom. The Labute approximate surface area is 313 Å². The second kappa shape index (κ2) is 14.3. The van der Waals surface area contributed by atoms with E-state index in [9.17, 15) is 5.11 Å². The van der Waals surface area contributed by atoms with Crippen LogP contribution in [-0.2, 0) is 21.1 Å². The van der Waals surface area contributed by atoms with Crippen molar-refractivity contribution in [3.63, 3.8) is 0 Å². The molecule has 0 aliphatic heterocycles. The molecular formula is C46H36N3OPt-. The van der Waals surface area contributed by atoms with Crippen LogP contribution in [-0.4, -0.2) is 19.6 Å². The van der Waals surface area contributed by atoms with Crippen LogP contribution in [0.3, 0.4) is 0 Å². The minimum absolute atomic E-state index is 0.